The van der Waals surface area contributed by atoms with Crippen molar-refractivity contribution >= 4 is 24.3 Å². The van der Waals surface area contributed by atoms with Crippen LogP contribution >= 0.6 is 12.4 Å². The van der Waals surface area contributed by atoms with Gasteiger partial charge in [0.1, 0.15) is 0 Å². The minimum Gasteiger partial charge on any atom is -0.369 e. The minimum absolute atomic E-state index is 0. The zero-order valence-corrected chi connectivity index (χ0v) is 17.0. The standard InChI is InChI=1S/C23H25N5.ClH/c24-22(26-16-19-10-4-1-5-11-19)27-23(25)28(17-20-12-6-2-7-13-20)18-21-14-8-3-9-15-21;/h1-15H,16-18H2,(H4,24,25,26,27);1H. The highest BCUT2D eigenvalue weighted by molar-refractivity contribution is 5.93. The van der Waals surface area contributed by atoms with Crippen LogP contribution in [0, 0.1) is 0 Å². The third-order valence-electron chi connectivity index (χ3n) is 4.25. The van der Waals surface area contributed by atoms with Crippen molar-refractivity contribution in [3.05, 3.63) is 108 Å². The second-order valence-corrected chi connectivity index (χ2v) is 6.46. The van der Waals surface area contributed by atoms with E-state index in [-0.39, 0.29) is 18.4 Å². The van der Waals surface area contributed by atoms with Gasteiger partial charge in [0.25, 0.3) is 0 Å². The largest absolute Gasteiger partial charge is 0.369 e. The fourth-order valence-corrected chi connectivity index (χ4v) is 2.80. The topological polar surface area (TPSA) is 80.0 Å². The number of aliphatic imine (C=N–C) groups is 2. The summed E-state index contributed by atoms with van der Waals surface area (Å²) in [4.78, 5) is 10.7. The number of rotatable bonds is 6. The lowest BCUT2D eigenvalue weighted by Crippen LogP contribution is -2.37. The first-order valence-electron chi connectivity index (χ1n) is 9.21. The first-order valence-corrected chi connectivity index (χ1v) is 9.21. The molecule has 0 bridgehead atoms. The Morgan fingerprint density at radius 2 is 1.07 bits per heavy atom. The number of hydrogen-bond acceptors (Lipinski definition) is 1. The molecule has 3 aromatic rings. The Hall–Kier alpha value is -3.31. The van der Waals surface area contributed by atoms with Crippen molar-refractivity contribution in [2.45, 2.75) is 19.6 Å². The zero-order valence-electron chi connectivity index (χ0n) is 16.2. The molecule has 150 valence electrons. The normalized spacial score (nSPS) is 11.6. The van der Waals surface area contributed by atoms with Gasteiger partial charge >= 0.3 is 0 Å². The molecule has 0 aliphatic rings. The van der Waals surface area contributed by atoms with E-state index in [1.165, 1.54) is 0 Å². The van der Waals surface area contributed by atoms with Crippen LogP contribution in [0.4, 0.5) is 0 Å². The van der Waals surface area contributed by atoms with Crippen LogP contribution in [0.25, 0.3) is 0 Å². The molecular weight excluding hydrogens is 382 g/mol. The molecule has 0 radical (unpaired) electrons. The lowest BCUT2D eigenvalue weighted by Gasteiger charge is -2.24. The van der Waals surface area contributed by atoms with Crippen molar-refractivity contribution in [3.63, 3.8) is 0 Å². The van der Waals surface area contributed by atoms with Crippen LogP contribution in [0.3, 0.4) is 0 Å². The maximum absolute atomic E-state index is 6.30. The predicted molar refractivity (Wildman–Crippen MR) is 123 cm³/mol. The van der Waals surface area contributed by atoms with Crippen molar-refractivity contribution in [2.75, 3.05) is 0 Å². The van der Waals surface area contributed by atoms with Crippen molar-refractivity contribution in [3.8, 4) is 0 Å². The molecule has 4 N–H and O–H groups in total. The van der Waals surface area contributed by atoms with Crippen molar-refractivity contribution < 1.29 is 0 Å². The molecule has 3 aromatic carbocycles. The van der Waals surface area contributed by atoms with E-state index >= 15 is 0 Å². The molecule has 0 heterocycles. The number of halogens is 1. The van der Waals surface area contributed by atoms with E-state index in [1.807, 2.05) is 71.6 Å². The van der Waals surface area contributed by atoms with Gasteiger partial charge < -0.3 is 16.4 Å². The molecule has 0 spiro atoms. The molecule has 6 heteroatoms. The van der Waals surface area contributed by atoms with Gasteiger partial charge in [0.15, 0.2) is 5.96 Å². The van der Waals surface area contributed by atoms with E-state index in [0.29, 0.717) is 25.6 Å². The van der Waals surface area contributed by atoms with E-state index in [1.54, 1.807) is 0 Å². The summed E-state index contributed by atoms with van der Waals surface area (Å²) >= 11 is 0. The Morgan fingerprint density at radius 3 is 1.52 bits per heavy atom. The summed E-state index contributed by atoms with van der Waals surface area (Å²) < 4.78 is 0. The Morgan fingerprint density at radius 1 is 0.655 bits per heavy atom. The molecule has 0 fully saturated rings. The Balaban J connectivity index is 0.00000300. The summed E-state index contributed by atoms with van der Waals surface area (Å²) in [5, 5.41) is 0. The highest BCUT2D eigenvalue weighted by Gasteiger charge is 2.10. The molecular formula is C23H26ClN5. The predicted octanol–water partition coefficient (Wildman–Crippen LogP) is 3.94. The fourth-order valence-electron chi connectivity index (χ4n) is 2.80. The van der Waals surface area contributed by atoms with Crippen molar-refractivity contribution in [1.82, 2.24) is 4.90 Å². The monoisotopic (exact) mass is 407 g/mol. The zero-order chi connectivity index (χ0) is 19.6. The molecule has 5 nitrogen and oxygen atoms in total. The second kappa shape index (κ2) is 11.5. The summed E-state index contributed by atoms with van der Waals surface area (Å²) in [5.74, 6) is 0.523. The average molecular weight is 408 g/mol. The first-order chi connectivity index (χ1) is 13.7. The molecule has 0 atom stereocenters. The van der Waals surface area contributed by atoms with Gasteiger partial charge in [0, 0.05) is 13.1 Å². The van der Waals surface area contributed by atoms with Crippen LogP contribution in [0.15, 0.2) is 101 Å². The van der Waals surface area contributed by atoms with Crippen LogP contribution in [0.5, 0.6) is 0 Å². The van der Waals surface area contributed by atoms with E-state index in [0.717, 1.165) is 16.7 Å². The Bertz CT molecular complexity index is 870. The van der Waals surface area contributed by atoms with Gasteiger partial charge in [-0.1, -0.05) is 91.0 Å². The summed E-state index contributed by atoms with van der Waals surface area (Å²) in [6.07, 6.45) is 0. The van der Waals surface area contributed by atoms with Gasteiger partial charge in [0.2, 0.25) is 5.96 Å². The molecule has 0 aliphatic carbocycles. The molecule has 0 saturated heterocycles. The lowest BCUT2D eigenvalue weighted by molar-refractivity contribution is 0.402. The summed E-state index contributed by atoms with van der Waals surface area (Å²) in [6, 6.07) is 30.2. The lowest BCUT2D eigenvalue weighted by atomic mass is 10.2. The fraction of sp³-hybridized carbons (Fsp3) is 0.130. The van der Waals surface area contributed by atoms with E-state index in [9.17, 15) is 0 Å². The Kier molecular flexibility index (Phi) is 8.73. The maximum Gasteiger partial charge on any atom is 0.218 e. The smallest absolute Gasteiger partial charge is 0.218 e. The molecule has 29 heavy (non-hydrogen) atoms. The SMILES string of the molecule is Cl.NC(=NCc1ccccc1)N=C(N)N(Cc1ccccc1)Cc1ccccc1. The van der Waals surface area contributed by atoms with Gasteiger partial charge in [-0.25, -0.2) is 4.99 Å². The van der Waals surface area contributed by atoms with Crippen molar-refractivity contribution in [1.29, 1.82) is 0 Å². The highest BCUT2D eigenvalue weighted by Crippen LogP contribution is 2.10. The molecule has 0 aliphatic heterocycles. The van der Waals surface area contributed by atoms with E-state index in [4.69, 9.17) is 11.5 Å². The highest BCUT2D eigenvalue weighted by atomic mass is 35.5. The van der Waals surface area contributed by atoms with Crippen molar-refractivity contribution in [2.24, 2.45) is 21.5 Å². The minimum atomic E-state index is 0. The van der Waals surface area contributed by atoms with E-state index in [2.05, 4.69) is 34.3 Å². The molecule has 0 saturated carbocycles. The molecule has 3 rings (SSSR count). The number of hydrogen-bond donors (Lipinski definition) is 2. The molecule has 0 aromatic heterocycles. The van der Waals surface area contributed by atoms with Crippen LogP contribution in [0.1, 0.15) is 16.7 Å². The van der Waals surface area contributed by atoms with E-state index < -0.39 is 0 Å². The van der Waals surface area contributed by atoms with Gasteiger partial charge in [0.05, 0.1) is 6.54 Å². The van der Waals surface area contributed by atoms with Gasteiger partial charge in [-0.2, -0.15) is 4.99 Å². The quantitative estimate of drug-likeness (QED) is 0.479. The maximum atomic E-state index is 6.30. The number of nitrogens with two attached hydrogens (primary N) is 2. The average Bonchev–Trinajstić information content (AvgIpc) is 2.74. The summed E-state index contributed by atoms with van der Waals surface area (Å²) in [6.45, 7) is 1.74. The van der Waals surface area contributed by atoms with Gasteiger partial charge in [-0.05, 0) is 16.7 Å². The van der Waals surface area contributed by atoms with Crippen LogP contribution in [-0.2, 0) is 19.6 Å². The van der Waals surface area contributed by atoms with Gasteiger partial charge in [-0.15, -0.1) is 12.4 Å². The number of guanidine groups is 2. The third-order valence-corrected chi connectivity index (χ3v) is 4.25. The number of benzene rings is 3. The second-order valence-electron chi connectivity index (χ2n) is 6.46. The first kappa shape index (κ1) is 22.0. The molecule has 0 amide bonds. The summed E-state index contributed by atoms with van der Waals surface area (Å²) in [5.41, 5.74) is 15.7. The Labute approximate surface area is 178 Å². The molecule has 0 unspecified atom stereocenters. The summed E-state index contributed by atoms with van der Waals surface area (Å²) in [7, 11) is 0. The van der Waals surface area contributed by atoms with Crippen LogP contribution < -0.4 is 11.5 Å². The van der Waals surface area contributed by atoms with Crippen LogP contribution in [0.2, 0.25) is 0 Å². The van der Waals surface area contributed by atoms with Gasteiger partial charge in [-0.3, -0.25) is 0 Å². The van der Waals surface area contributed by atoms with Crippen LogP contribution in [-0.4, -0.2) is 16.8 Å². The third kappa shape index (κ3) is 7.31. The number of nitrogens with zero attached hydrogens (tertiary/aromatic N) is 3.